The highest BCUT2D eigenvalue weighted by Gasteiger charge is 2.25. The first-order valence-electron chi connectivity index (χ1n) is 8.54. The molecule has 0 unspecified atom stereocenters. The van der Waals surface area contributed by atoms with E-state index in [1.807, 2.05) is 0 Å². The molecule has 0 atom stereocenters. The molecule has 2 heterocycles. The van der Waals surface area contributed by atoms with Gasteiger partial charge in [0.05, 0.1) is 0 Å². The van der Waals surface area contributed by atoms with E-state index in [2.05, 4.69) is 92.8 Å². The molecule has 22 heavy (non-hydrogen) atoms. The van der Waals surface area contributed by atoms with Crippen LogP contribution in [-0.2, 0) is 5.54 Å². The fourth-order valence-electron chi connectivity index (χ4n) is 2.79. The summed E-state index contributed by atoms with van der Waals surface area (Å²) in [7, 11) is 0. The Balaban J connectivity index is 2.22. The lowest BCUT2D eigenvalue weighted by Crippen LogP contribution is -2.51. The van der Waals surface area contributed by atoms with Gasteiger partial charge in [-0.25, -0.2) is 9.13 Å². The summed E-state index contributed by atoms with van der Waals surface area (Å²) in [6.45, 7) is 11.3. The van der Waals surface area contributed by atoms with E-state index in [1.165, 1.54) is 24.0 Å². The number of hydrogen-bond acceptors (Lipinski definition) is 0. The normalized spacial score (nSPS) is 11.9. The van der Waals surface area contributed by atoms with Crippen LogP contribution in [0.1, 0.15) is 59.9 Å². The molecule has 0 spiro atoms. The Kier molecular flexibility index (Phi) is 5.33. The molecule has 0 amide bonds. The van der Waals surface area contributed by atoms with E-state index in [-0.39, 0.29) is 5.54 Å². The maximum atomic E-state index is 2.33. The van der Waals surface area contributed by atoms with Crippen molar-refractivity contribution in [1.29, 1.82) is 0 Å². The highest BCUT2D eigenvalue weighted by atomic mass is 15.0. The third-order valence-electron chi connectivity index (χ3n) is 4.94. The Bertz CT molecular complexity index is 578. The third-order valence-corrected chi connectivity index (χ3v) is 4.94. The maximum Gasteiger partial charge on any atom is 0.169 e. The number of rotatable bonds is 6. The van der Waals surface area contributed by atoms with Crippen molar-refractivity contribution >= 4 is 0 Å². The van der Waals surface area contributed by atoms with Crippen molar-refractivity contribution in [2.75, 3.05) is 0 Å². The minimum Gasteiger partial charge on any atom is -0.202 e. The van der Waals surface area contributed by atoms with Crippen LogP contribution in [-0.4, -0.2) is 0 Å². The predicted octanol–water partition coefficient (Wildman–Crippen LogP) is 4.43. The molecule has 0 aliphatic rings. The van der Waals surface area contributed by atoms with Gasteiger partial charge in [-0.05, 0) is 11.1 Å². The number of aromatic nitrogens is 2. The number of pyridine rings is 2. The van der Waals surface area contributed by atoms with Gasteiger partial charge in [0.2, 0.25) is 0 Å². The standard InChI is InChI=1S/C20H30N2/c1-6-19(7-2)21-13-9-17(10-14-21)18-11-15-22(16-12-18)20(4,5)8-3/h9-16,19H,6-8H2,1-5H3/q+2. The highest BCUT2D eigenvalue weighted by molar-refractivity contribution is 5.60. The number of hydrogen-bond donors (Lipinski definition) is 0. The zero-order chi connectivity index (χ0) is 16.2. The molecule has 118 valence electrons. The van der Waals surface area contributed by atoms with Gasteiger partial charge in [-0.1, -0.05) is 20.8 Å². The van der Waals surface area contributed by atoms with E-state index in [9.17, 15) is 0 Å². The van der Waals surface area contributed by atoms with Gasteiger partial charge in [0.25, 0.3) is 0 Å². The van der Waals surface area contributed by atoms with Crippen LogP contribution < -0.4 is 9.13 Å². The molecule has 0 saturated heterocycles. The first-order valence-corrected chi connectivity index (χ1v) is 8.54. The van der Waals surface area contributed by atoms with Gasteiger partial charge in [-0.3, -0.25) is 0 Å². The van der Waals surface area contributed by atoms with E-state index >= 15 is 0 Å². The van der Waals surface area contributed by atoms with Crippen LogP contribution in [0.25, 0.3) is 11.1 Å². The monoisotopic (exact) mass is 298 g/mol. The van der Waals surface area contributed by atoms with Crippen molar-refractivity contribution in [2.45, 2.75) is 65.5 Å². The molecule has 0 aliphatic heterocycles. The van der Waals surface area contributed by atoms with Gasteiger partial charge >= 0.3 is 0 Å². The maximum absolute atomic E-state index is 2.33. The molecule has 0 saturated carbocycles. The van der Waals surface area contributed by atoms with Gasteiger partial charge in [-0.15, -0.1) is 0 Å². The summed E-state index contributed by atoms with van der Waals surface area (Å²) in [5.41, 5.74) is 2.73. The van der Waals surface area contributed by atoms with Crippen molar-refractivity contribution in [1.82, 2.24) is 0 Å². The smallest absolute Gasteiger partial charge is 0.169 e. The predicted molar refractivity (Wildman–Crippen MR) is 91.5 cm³/mol. The van der Waals surface area contributed by atoms with Crippen molar-refractivity contribution in [3.8, 4) is 11.1 Å². The first kappa shape index (κ1) is 16.7. The molecule has 2 aromatic rings. The Labute approximate surface area is 135 Å². The summed E-state index contributed by atoms with van der Waals surface area (Å²) < 4.78 is 4.62. The quantitative estimate of drug-likeness (QED) is 0.697. The van der Waals surface area contributed by atoms with E-state index < -0.39 is 0 Å². The minimum absolute atomic E-state index is 0.174. The topological polar surface area (TPSA) is 7.76 Å². The molecular weight excluding hydrogens is 268 g/mol. The lowest BCUT2D eigenvalue weighted by molar-refractivity contribution is -0.758. The minimum atomic E-state index is 0.174. The van der Waals surface area contributed by atoms with Crippen LogP contribution in [0.3, 0.4) is 0 Å². The summed E-state index contributed by atoms with van der Waals surface area (Å²) in [6, 6.07) is 9.49. The SMILES string of the molecule is CCC(CC)[n+]1ccc(-c2cc[n+](C(C)(C)CC)cc2)cc1. The summed E-state index contributed by atoms with van der Waals surface area (Å²) in [4.78, 5) is 0. The Morgan fingerprint density at radius 2 is 1.27 bits per heavy atom. The second kappa shape index (κ2) is 7.04. The zero-order valence-corrected chi connectivity index (χ0v) is 14.7. The fraction of sp³-hybridized carbons (Fsp3) is 0.500. The van der Waals surface area contributed by atoms with E-state index in [1.54, 1.807) is 0 Å². The molecule has 2 heteroatoms. The summed E-state index contributed by atoms with van der Waals surface area (Å²) in [5, 5.41) is 0. The van der Waals surface area contributed by atoms with Crippen molar-refractivity contribution in [3.05, 3.63) is 49.1 Å². The van der Waals surface area contributed by atoms with E-state index in [4.69, 9.17) is 0 Å². The molecular formula is C20H30N2+2. The molecule has 2 aromatic heterocycles. The molecule has 0 bridgehead atoms. The van der Waals surface area contributed by atoms with Crippen LogP contribution >= 0.6 is 0 Å². The van der Waals surface area contributed by atoms with Gasteiger partial charge in [0.1, 0.15) is 0 Å². The molecule has 0 N–H and O–H groups in total. The van der Waals surface area contributed by atoms with Crippen LogP contribution in [0.15, 0.2) is 49.1 Å². The molecule has 0 aromatic carbocycles. The lowest BCUT2D eigenvalue weighted by Gasteiger charge is -2.17. The third kappa shape index (κ3) is 3.55. The molecule has 0 fully saturated rings. The highest BCUT2D eigenvalue weighted by Crippen LogP contribution is 2.18. The van der Waals surface area contributed by atoms with Crippen LogP contribution in [0.5, 0.6) is 0 Å². The lowest BCUT2D eigenvalue weighted by atomic mass is 10.0. The molecule has 0 radical (unpaired) electrons. The Hall–Kier alpha value is -1.70. The molecule has 2 rings (SSSR count). The Morgan fingerprint density at radius 3 is 1.68 bits per heavy atom. The van der Waals surface area contributed by atoms with Gasteiger partial charge < -0.3 is 0 Å². The van der Waals surface area contributed by atoms with Crippen molar-refractivity contribution in [2.24, 2.45) is 0 Å². The first-order chi connectivity index (χ1) is 10.5. The van der Waals surface area contributed by atoms with Crippen LogP contribution in [0.2, 0.25) is 0 Å². The molecule has 2 nitrogen and oxygen atoms in total. The second-order valence-electron chi connectivity index (χ2n) is 6.66. The fourth-order valence-corrected chi connectivity index (χ4v) is 2.79. The van der Waals surface area contributed by atoms with E-state index in [0.717, 1.165) is 6.42 Å². The summed E-state index contributed by atoms with van der Waals surface area (Å²) in [6.07, 6.45) is 12.3. The van der Waals surface area contributed by atoms with Gasteiger partial charge in [0.15, 0.2) is 36.4 Å². The summed E-state index contributed by atoms with van der Waals surface area (Å²) in [5.74, 6) is 0. The van der Waals surface area contributed by atoms with Crippen molar-refractivity contribution < 1.29 is 9.13 Å². The van der Waals surface area contributed by atoms with Crippen LogP contribution in [0, 0.1) is 0 Å². The van der Waals surface area contributed by atoms with Gasteiger partial charge in [0, 0.05) is 57.4 Å². The zero-order valence-electron chi connectivity index (χ0n) is 14.7. The van der Waals surface area contributed by atoms with Gasteiger partial charge in [-0.2, -0.15) is 0 Å². The number of nitrogens with zero attached hydrogens (tertiary/aromatic N) is 2. The van der Waals surface area contributed by atoms with Crippen molar-refractivity contribution in [3.63, 3.8) is 0 Å². The largest absolute Gasteiger partial charge is 0.202 e. The average molecular weight is 298 g/mol. The second-order valence-corrected chi connectivity index (χ2v) is 6.66. The van der Waals surface area contributed by atoms with Crippen LogP contribution in [0.4, 0.5) is 0 Å². The van der Waals surface area contributed by atoms with E-state index in [0.29, 0.717) is 6.04 Å². The summed E-state index contributed by atoms with van der Waals surface area (Å²) >= 11 is 0. The molecule has 0 aliphatic carbocycles. The Morgan fingerprint density at radius 1 is 0.818 bits per heavy atom. The average Bonchev–Trinajstić information content (AvgIpc) is 2.57.